The van der Waals surface area contributed by atoms with Crippen LogP contribution in [0.1, 0.15) is 10.6 Å². The number of hydrogen-bond donors (Lipinski definition) is 0. The van der Waals surface area contributed by atoms with Crippen LogP contribution in [0.2, 0.25) is 5.02 Å². The highest BCUT2D eigenvalue weighted by Crippen LogP contribution is 2.33. The third kappa shape index (κ3) is 3.64. The van der Waals surface area contributed by atoms with Crippen LogP contribution < -0.4 is 0 Å². The van der Waals surface area contributed by atoms with Crippen LogP contribution in [0.3, 0.4) is 0 Å². The van der Waals surface area contributed by atoms with Gasteiger partial charge >= 0.3 is 0 Å². The first-order valence-electron chi connectivity index (χ1n) is 6.48. The van der Waals surface area contributed by atoms with Gasteiger partial charge in [-0.15, -0.1) is 11.3 Å². The van der Waals surface area contributed by atoms with Crippen LogP contribution in [0, 0.1) is 5.82 Å². The minimum absolute atomic E-state index is 0.252. The highest BCUT2D eigenvalue weighted by molar-refractivity contribution is 9.11. The zero-order valence-electron chi connectivity index (χ0n) is 11.3. The van der Waals surface area contributed by atoms with Crippen LogP contribution in [-0.4, -0.2) is 4.98 Å². The molecule has 0 bridgehead atoms. The molecule has 22 heavy (non-hydrogen) atoms. The van der Waals surface area contributed by atoms with E-state index in [9.17, 15) is 4.39 Å². The highest BCUT2D eigenvalue weighted by atomic mass is 79.9. The van der Waals surface area contributed by atoms with Gasteiger partial charge in [0.2, 0.25) is 0 Å². The van der Waals surface area contributed by atoms with Crippen molar-refractivity contribution in [2.45, 2.75) is 0 Å². The molecule has 0 unspecified atom stereocenters. The van der Waals surface area contributed by atoms with Crippen molar-refractivity contribution >= 4 is 51.0 Å². The Hall–Kier alpha value is -1.49. The quantitative estimate of drug-likeness (QED) is 0.492. The van der Waals surface area contributed by atoms with Crippen LogP contribution in [0.15, 0.2) is 52.3 Å². The van der Waals surface area contributed by atoms with Crippen molar-refractivity contribution in [3.05, 3.63) is 73.7 Å². The highest BCUT2D eigenvalue weighted by Gasteiger charge is 2.09. The van der Waals surface area contributed by atoms with E-state index in [-0.39, 0.29) is 5.82 Å². The van der Waals surface area contributed by atoms with Crippen molar-refractivity contribution < 1.29 is 4.39 Å². The topological polar surface area (TPSA) is 12.9 Å². The molecule has 0 aliphatic carbocycles. The number of rotatable bonds is 3. The predicted octanol–water partition coefficient (Wildman–Crippen LogP) is 6.54. The molecule has 0 aliphatic rings. The Morgan fingerprint density at radius 3 is 2.36 bits per heavy atom. The van der Waals surface area contributed by atoms with Gasteiger partial charge in [-0.3, -0.25) is 0 Å². The summed E-state index contributed by atoms with van der Waals surface area (Å²) in [6.45, 7) is 0. The molecule has 0 atom stereocenters. The van der Waals surface area contributed by atoms with Gasteiger partial charge in [0.15, 0.2) is 0 Å². The lowest BCUT2D eigenvalue weighted by Crippen LogP contribution is -1.80. The summed E-state index contributed by atoms with van der Waals surface area (Å²) in [6.07, 6.45) is 3.93. The molecule has 1 nitrogen and oxygen atoms in total. The molecule has 0 spiro atoms. The van der Waals surface area contributed by atoms with Gasteiger partial charge in [0.05, 0.1) is 9.48 Å². The molecule has 1 heterocycles. The predicted molar refractivity (Wildman–Crippen MR) is 95.6 cm³/mol. The Morgan fingerprint density at radius 1 is 1.00 bits per heavy atom. The van der Waals surface area contributed by atoms with Crippen molar-refractivity contribution in [3.63, 3.8) is 0 Å². The summed E-state index contributed by atoms with van der Waals surface area (Å²) in [7, 11) is 0. The lowest BCUT2D eigenvalue weighted by Gasteiger charge is -1.96. The standard InChI is InChI=1S/C17H10BrClFNS/c18-17-16(12-4-8-14(20)9-5-12)21-15(22-17)10-3-11-1-6-13(19)7-2-11/h1-10H/b10-3+. The third-order valence-electron chi connectivity index (χ3n) is 3.01. The van der Waals surface area contributed by atoms with Crippen LogP contribution >= 0.6 is 38.9 Å². The number of hydrogen-bond acceptors (Lipinski definition) is 2. The molecule has 0 aliphatic heterocycles. The first-order chi connectivity index (χ1) is 10.6. The van der Waals surface area contributed by atoms with Gasteiger partial charge in [0.25, 0.3) is 0 Å². The first-order valence-corrected chi connectivity index (χ1v) is 8.46. The second-order valence-electron chi connectivity index (χ2n) is 4.57. The molecule has 0 amide bonds. The Balaban J connectivity index is 1.85. The number of nitrogens with zero attached hydrogens (tertiary/aromatic N) is 1. The number of benzene rings is 2. The van der Waals surface area contributed by atoms with E-state index >= 15 is 0 Å². The van der Waals surface area contributed by atoms with E-state index in [1.165, 1.54) is 23.5 Å². The molecule has 0 N–H and O–H groups in total. The van der Waals surface area contributed by atoms with Crippen molar-refractivity contribution in [2.24, 2.45) is 0 Å². The van der Waals surface area contributed by atoms with Crippen molar-refractivity contribution in [2.75, 3.05) is 0 Å². The SMILES string of the molecule is Fc1ccc(-c2nc(/C=C/c3ccc(Cl)cc3)sc2Br)cc1. The average Bonchev–Trinajstić information content (AvgIpc) is 2.89. The van der Waals surface area contributed by atoms with E-state index < -0.39 is 0 Å². The van der Waals surface area contributed by atoms with Crippen LogP contribution in [-0.2, 0) is 0 Å². The molecular weight excluding hydrogens is 385 g/mol. The summed E-state index contributed by atoms with van der Waals surface area (Å²) in [5.74, 6) is -0.252. The molecule has 0 radical (unpaired) electrons. The van der Waals surface area contributed by atoms with Crippen LogP contribution in [0.5, 0.6) is 0 Å². The lowest BCUT2D eigenvalue weighted by atomic mass is 10.2. The molecule has 0 saturated heterocycles. The Morgan fingerprint density at radius 2 is 1.68 bits per heavy atom. The van der Waals surface area contributed by atoms with Gasteiger partial charge in [-0.1, -0.05) is 29.8 Å². The Kier molecular flexibility index (Phi) is 4.71. The maximum atomic E-state index is 13.0. The Labute approximate surface area is 145 Å². The first kappa shape index (κ1) is 15.4. The smallest absolute Gasteiger partial charge is 0.123 e. The maximum absolute atomic E-state index is 13.0. The van der Waals surface area contributed by atoms with Gasteiger partial charge in [-0.25, -0.2) is 9.37 Å². The van der Waals surface area contributed by atoms with Gasteiger partial charge in [0.1, 0.15) is 10.8 Å². The maximum Gasteiger partial charge on any atom is 0.123 e. The number of aromatic nitrogens is 1. The zero-order chi connectivity index (χ0) is 15.5. The summed E-state index contributed by atoms with van der Waals surface area (Å²) < 4.78 is 13.9. The monoisotopic (exact) mass is 393 g/mol. The van der Waals surface area contributed by atoms with Crippen molar-refractivity contribution in [1.29, 1.82) is 0 Å². The van der Waals surface area contributed by atoms with E-state index in [1.54, 1.807) is 12.1 Å². The molecular formula is C17H10BrClFNS. The molecule has 2 aromatic carbocycles. The number of halogens is 3. The summed E-state index contributed by atoms with van der Waals surface area (Å²) in [5, 5.41) is 1.59. The second kappa shape index (κ2) is 6.73. The molecule has 5 heteroatoms. The van der Waals surface area contributed by atoms with E-state index in [0.29, 0.717) is 5.02 Å². The normalized spacial score (nSPS) is 11.2. The van der Waals surface area contributed by atoms with Gasteiger partial charge in [0, 0.05) is 10.6 Å². The van der Waals surface area contributed by atoms with Crippen molar-refractivity contribution in [1.82, 2.24) is 4.98 Å². The fraction of sp³-hybridized carbons (Fsp3) is 0. The largest absolute Gasteiger partial charge is 0.235 e. The average molecular weight is 395 g/mol. The summed E-state index contributed by atoms with van der Waals surface area (Å²) in [6, 6.07) is 13.9. The van der Waals surface area contributed by atoms with E-state index in [4.69, 9.17) is 11.6 Å². The molecule has 0 fully saturated rings. The van der Waals surface area contributed by atoms with Gasteiger partial charge in [-0.2, -0.15) is 0 Å². The fourth-order valence-corrected chi connectivity index (χ4v) is 3.57. The second-order valence-corrected chi connectivity index (χ2v) is 7.35. The minimum atomic E-state index is -0.252. The molecule has 3 aromatic rings. The van der Waals surface area contributed by atoms with E-state index in [2.05, 4.69) is 20.9 Å². The molecule has 0 saturated carbocycles. The van der Waals surface area contributed by atoms with E-state index in [1.807, 2.05) is 36.4 Å². The Bertz CT molecular complexity index is 810. The summed E-state index contributed by atoms with van der Waals surface area (Å²) in [4.78, 5) is 4.58. The minimum Gasteiger partial charge on any atom is -0.235 e. The van der Waals surface area contributed by atoms with Crippen LogP contribution in [0.4, 0.5) is 4.39 Å². The molecule has 1 aromatic heterocycles. The van der Waals surface area contributed by atoms with Crippen LogP contribution in [0.25, 0.3) is 23.4 Å². The summed E-state index contributed by atoms with van der Waals surface area (Å²) >= 11 is 10.9. The third-order valence-corrected chi connectivity index (χ3v) is 4.93. The van der Waals surface area contributed by atoms with Gasteiger partial charge < -0.3 is 0 Å². The van der Waals surface area contributed by atoms with E-state index in [0.717, 1.165) is 25.6 Å². The van der Waals surface area contributed by atoms with Crippen molar-refractivity contribution in [3.8, 4) is 11.3 Å². The molecule has 110 valence electrons. The fourth-order valence-electron chi connectivity index (χ4n) is 1.92. The molecule has 3 rings (SSSR count). The van der Waals surface area contributed by atoms with Gasteiger partial charge in [-0.05, 0) is 64.0 Å². The zero-order valence-corrected chi connectivity index (χ0v) is 14.4. The number of thiazole rings is 1. The lowest BCUT2D eigenvalue weighted by molar-refractivity contribution is 0.628. The summed E-state index contributed by atoms with van der Waals surface area (Å²) in [5.41, 5.74) is 2.76.